The Morgan fingerprint density at radius 2 is 1.92 bits per heavy atom. The first-order valence-electron chi connectivity index (χ1n) is 11.8. The number of aryl methyl sites for hydroxylation is 1. The predicted molar refractivity (Wildman–Crippen MR) is 147 cm³/mol. The van der Waals surface area contributed by atoms with Crippen LogP contribution in [0.5, 0.6) is 0 Å². The second-order valence-corrected chi connectivity index (χ2v) is 9.93. The van der Waals surface area contributed by atoms with Crippen molar-refractivity contribution in [1.82, 2.24) is 10.3 Å². The van der Waals surface area contributed by atoms with Crippen LogP contribution in [-0.4, -0.2) is 16.0 Å². The SMILES string of the molecule is CCC(=O)Nc1ccc(N2C(=S)N[C@@H](c3ccccn3)[C@@H]2c2ccc(Sc3ccccc3)o2)cc1C. The number of nitrogens with one attached hydrogen (secondary N) is 2. The van der Waals surface area contributed by atoms with Crippen molar-refractivity contribution in [3.63, 3.8) is 0 Å². The Morgan fingerprint density at radius 1 is 1.11 bits per heavy atom. The van der Waals surface area contributed by atoms with E-state index in [1.807, 2.05) is 80.6 Å². The number of carbonyl (C=O) groups excluding carboxylic acids is 1. The number of pyridine rings is 1. The van der Waals surface area contributed by atoms with Crippen LogP contribution in [0.2, 0.25) is 0 Å². The molecule has 1 fully saturated rings. The van der Waals surface area contributed by atoms with E-state index in [1.54, 1.807) is 18.0 Å². The van der Waals surface area contributed by atoms with Crippen molar-refractivity contribution >= 4 is 46.4 Å². The Hall–Kier alpha value is -3.62. The molecule has 6 nitrogen and oxygen atoms in total. The molecule has 2 aromatic carbocycles. The summed E-state index contributed by atoms with van der Waals surface area (Å²) in [6.45, 7) is 3.82. The first-order chi connectivity index (χ1) is 17.5. The normalized spacial score (nSPS) is 17.2. The minimum Gasteiger partial charge on any atom is -0.452 e. The van der Waals surface area contributed by atoms with E-state index >= 15 is 0 Å². The number of carbonyl (C=O) groups is 1. The molecule has 2 aromatic heterocycles. The lowest BCUT2D eigenvalue weighted by Crippen LogP contribution is -2.29. The number of aromatic nitrogens is 1. The van der Waals surface area contributed by atoms with Crippen molar-refractivity contribution in [2.45, 2.75) is 42.3 Å². The van der Waals surface area contributed by atoms with Gasteiger partial charge in [-0.3, -0.25) is 9.78 Å². The molecule has 0 saturated carbocycles. The van der Waals surface area contributed by atoms with E-state index in [0.29, 0.717) is 11.5 Å². The molecule has 0 radical (unpaired) electrons. The molecule has 1 amide bonds. The van der Waals surface area contributed by atoms with Crippen LogP contribution in [0.3, 0.4) is 0 Å². The molecule has 0 spiro atoms. The van der Waals surface area contributed by atoms with Gasteiger partial charge in [0.05, 0.1) is 11.7 Å². The molecule has 0 bridgehead atoms. The number of amides is 1. The topological polar surface area (TPSA) is 70.4 Å². The lowest BCUT2D eigenvalue weighted by molar-refractivity contribution is -0.115. The van der Waals surface area contributed by atoms with E-state index in [2.05, 4.69) is 32.7 Å². The van der Waals surface area contributed by atoms with Gasteiger partial charge in [0.2, 0.25) is 5.91 Å². The molecular formula is C28H26N4O2S2. The molecule has 2 atom stereocenters. The van der Waals surface area contributed by atoms with Crippen molar-refractivity contribution < 1.29 is 9.21 Å². The molecule has 4 aromatic rings. The third-order valence-corrected chi connectivity index (χ3v) is 7.28. The van der Waals surface area contributed by atoms with E-state index in [1.165, 1.54) is 0 Å². The molecule has 1 aliphatic rings. The number of anilines is 2. The van der Waals surface area contributed by atoms with Gasteiger partial charge in [0.15, 0.2) is 10.2 Å². The number of thiocarbonyl (C=S) groups is 1. The number of benzene rings is 2. The fourth-order valence-electron chi connectivity index (χ4n) is 4.25. The highest BCUT2D eigenvalue weighted by Gasteiger charge is 2.42. The first kappa shape index (κ1) is 24.1. The fraction of sp³-hybridized carbons (Fsp3) is 0.179. The summed E-state index contributed by atoms with van der Waals surface area (Å²) >= 11 is 7.40. The zero-order valence-electron chi connectivity index (χ0n) is 20.0. The maximum absolute atomic E-state index is 11.9. The van der Waals surface area contributed by atoms with Crippen molar-refractivity contribution in [3.8, 4) is 0 Å². The molecule has 1 saturated heterocycles. The van der Waals surface area contributed by atoms with Crippen LogP contribution in [0, 0.1) is 6.92 Å². The number of rotatable bonds is 7. The molecule has 3 heterocycles. The van der Waals surface area contributed by atoms with E-state index < -0.39 is 0 Å². The van der Waals surface area contributed by atoms with Crippen LogP contribution >= 0.6 is 24.0 Å². The minimum absolute atomic E-state index is 0.0173. The Morgan fingerprint density at radius 3 is 2.64 bits per heavy atom. The Labute approximate surface area is 220 Å². The third-order valence-electron chi connectivity index (χ3n) is 6.04. The summed E-state index contributed by atoms with van der Waals surface area (Å²) < 4.78 is 6.38. The summed E-state index contributed by atoms with van der Waals surface area (Å²) in [6.07, 6.45) is 2.21. The summed E-state index contributed by atoms with van der Waals surface area (Å²) in [5.41, 5.74) is 3.54. The first-order valence-corrected chi connectivity index (χ1v) is 13.0. The van der Waals surface area contributed by atoms with Crippen molar-refractivity contribution in [2.24, 2.45) is 0 Å². The standard InChI is InChI=1S/C28H26N4O2S2/c1-3-24(33)30-21-13-12-19(17-18(21)2)32-27(26(31-28(32)35)22-11-7-8-16-29-22)23-14-15-25(34-23)36-20-9-5-4-6-10-20/h4-17,26-27H,3H2,1-2H3,(H,30,33)(H,31,35)/t26-,27-/m0/s1. The maximum Gasteiger partial charge on any atom is 0.224 e. The molecular weight excluding hydrogens is 488 g/mol. The maximum atomic E-state index is 11.9. The lowest BCUT2D eigenvalue weighted by atomic mass is 10.0. The lowest BCUT2D eigenvalue weighted by Gasteiger charge is -2.26. The predicted octanol–water partition coefficient (Wildman–Crippen LogP) is 6.66. The van der Waals surface area contributed by atoms with Crippen molar-refractivity contribution in [1.29, 1.82) is 0 Å². The van der Waals surface area contributed by atoms with Crippen LogP contribution in [0.25, 0.3) is 0 Å². The second-order valence-electron chi connectivity index (χ2n) is 8.47. The van der Waals surface area contributed by atoms with E-state index in [9.17, 15) is 4.79 Å². The number of nitrogens with zero attached hydrogens (tertiary/aromatic N) is 2. The number of hydrogen-bond acceptors (Lipinski definition) is 5. The minimum atomic E-state index is -0.243. The smallest absolute Gasteiger partial charge is 0.224 e. The Kier molecular flexibility index (Phi) is 7.06. The summed E-state index contributed by atoms with van der Waals surface area (Å²) in [5, 5.41) is 7.82. The molecule has 8 heteroatoms. The van der Waals surface area contributed by atoms with Crippen LogP contribution in [0.1, 0.15) is 42.4 Å². The van der Waals surface area contributed by atoms with Crippen LogP contribution in [0.15, 0.2) is 99.5 Å². The summed E-state index contributed by atoms with van der Waals surface area (Å²) in [5.74, 6) is 0.772. The average molecular weight is 515 g/mol. The highest BCUT2D eigenvalue weighted by atomic mass is 32.2. The van der Waals surface area contributed by atoms with Gasteiger partial charge in [-0.15, -0.1) is 0 Å². The van der Waals surface area contributed by atoms with E-state index in [4.69, 9.17) is 16.6 Å². The third kappa shape index (κ3) is 5.01. The van der Waals surface area contributed by atoms with Gasteiger partial charge in [-0.05, 0) is 79.3 Å². The average Bonchev–Trinajstić information content (AvgIpc) is 3.50. The van der Waals surface area contributed by atoms with Gasteiger partial charge >= 0.3 is 0 Å². The highest BCUT2D eigenvalue weighted by Crippen LogP contribution is 2.44. The fourth-order valence-corrected chi connectivity index (χ4v) is 5.40. The summed E-state index contributed by atoms with van der Waals surface area (Å²) in [6, 6.07) is 25.5. The molecule has 36 heavy (non-hydrogen) atoms. The molecule has 1 aliphatic heterocycles. The van der Waals surface area contributed by atoms with Gasteiger partial charge < -0.3 is 20.0 Å². The van der Waals surface area contributed by atoms with Gasteiger partial charge in [0.25, 0.3) is 0 Å². The molecule has 0 unspecified atom stereocenters. The number of hydrogen-bond donors (Lipinski definition) is 2. The van der Waals surface area contributed by atoms with Crippen molar-refractivity contribution in [2.75, 3.05) is 10.2 Å². The van der Waals surface area contributed by atoms with Gasteiger partial charge in [0.1, 0.15) is 11.8 Å². The summed E-state index contributed by atoms with van der Waals surface area (Å²) in [4.78, 5) is 19.7. The van der Waals surface area contributed by atoms with E-state index in [-0.39, 0.29) is 18.0 Å². The summed E-state index contributed by atoms with van der Waals surface area (Å²) in [7, 11) is 0. The quantitative estimate of drug-likeness (QED) is 0.267. The van der Waals surface area contributed by atoms with Gasteiger partial charge in [-0.25, -0.2) is 0 Å². The van der Waals surface area contributed by atoms with Crippen molar-refractivity contribution in [3.05, 3.63) is 102 Å². The molecule has 0 aliphatic carbocycles. The van der Waals surface area contributed by atoms with Gasteiger partial charge in [0, 0.05) is 28.9 Å². The second kappa shape index (κ2) is 10.6. The number of furan rings is 1. The van der Waals surface area contributed by atoms with E-state index in [0.717, 1.165) is 38.4 Å². The van der Waals surface area contributed by atoms with Crippen LogP contribution in [0.4, 0.5) is 11.4 Å². The Balaban J connectivity index is 1.51. The van der Waals surface area contributed by atoms with Gasteiger partial charge in [-0.2, -0.15) is 0 Å². The van der Waals surface area contributed by atoms with Gasteiger partial charge in [-0.1, -0.05) is 43.0 Å². The van der Waals surface area contributed by atoms with Crippen LogP contribution < -0.4 is 15.5 Å². The van der Waals surface area contributed by atoms with Crippen LogP contribution in [-0.2, 0) is 4.79 Å². The Bertz CT molecular complexity index is 1370. The molecule has 182 valence electrons. The molecule has 2 N–H and O–H groups in total. The highest BCUT2D eigenvalue weighted by molar-refractivity contribution is 7.99. The monoisotopic (exact) mass is 514 g/mol. The zero-order chi connectivity index (χ0) is 25.1. The molecule has 5 rings (SSSR count). The zero-order valence-corrected chi connectivity index (χ0v) is 21.6. The largest absolute Gasteiger partial charge is 0.452 e.